The topological polar surface area (TPSA) is 128 Å². The second-order valence-electron chi connectivity index (χ2n) is 5.87. The van der Waals surface area contributed by atoms with Gasteiger partial charge in [-0.3, -0.25) is 14.9 Å². The van der Waals surface area contributed by atoms with Crippen LogP contribution in [0, 0.1) is 21.4 Å². The molecule has 0 bridgehead atoms. The first-order chi connectivity index (χ1) is 13.9. The molecule has 3 aromatic carbocycles. The quantitative estimate of drug-likeness (QED) is 0.245. The number of nitro benzene ring substituents is 1. The Balaban J connectivity index is 1.85. The maximum absolute atomic E-state index is 12.5. The Hall–Kier alpha value is -4.09. The smallest absolute Gasteiger partial charge is 0.271 e. The summed E-state index contributed by atoms with van der Waals surface area (Å²) in [4.78, 5) is 22.8. The third-order valence-electron chi connectivity index (χ3n) is 4.05. The molecule has 0 aromatic heterocycles. The van der Waals surface area contributed by atoms with Gasteiger partial charge in [0.15, 0.2) is 0 Å². The molecule has 0 saturated carbocycles. The summed E-state index contributed by atoms with van der Waals surface area (Å²) in [5.74, 6) is -0.631. The van der Waals surface area contributed by atoms with Gasteiger partial charge in [-0.25, -0.2) is 0 Å². The molecule has 29 heavy (non-hydrogen) atoms. The lowest BCUT2D eigenvalue weighted by atomic mass is 10.1. The number of hydrogen-bond acceptors (Lipinski definition) is 6. The van der Waals surface area contributed by atoms with Crippen LogP contribution in [-0.4, -0.2) is 15.9 Å². The Kier molecular flexibility index (Phi) is 5.62. The first-order valence-electron chi connectivity index (χ1n) is 8.23. The van der Waals surface area contributed by atoms with Gasteiger partial charge in [0, 0.05) is 34.8 Å². The van der Waals surface area contributed by atoms with Crippen molar-refractivity contribution in [1.82, 2.24) is 0 Å². The van der Waals surface area contributed by atoms with Crippen molar-refractivity contribution < 1.29 is 14.8 Å². The Labute approximate surface area is 169 Å². The highest BCUT2D eigenvalue weighted by Gasteiger charge is 2.13. The molecule has 0 heterocycles. The van der Waals surface area contributed by atoms with Crippen LogP contribution < -0.4 is 10.6 Å². The standard InChI is InChI=1S/C20H13ClN4O4/c21-16-8-7-13(25(28)29)9-18(16)23-11-12(10-22)20(27)24-17-5-1-4-15-14(17)3-2-6-19(15)26/h1-9,11,23,26H,(H,24,27)/b12-11-. The molecule has 0 aliphatic carbocycles. The molecule has 0 spiro atoms. The van der Waals surface area contributed by atoms with E-state index in [-0.39, 0.29) is 27.7 Å². The van der Waals surface area contributed by atoms with E-state index in [0.29, 0.717) is 16.5 Å². The summed E-state index contributed by atoms with van der Waals surface area (Å²) in [6.07, 6.45) is 1.11. The summed E-state index contributed by atoms with van der Waals surface area (Å²) in [6, 6.07) is 15.4. The van der Waals surface area contributed by atoms with Gasteiger partial charge in [0.2, 0.25) is 0 Å². The summed E-state index contributed by atoms with van der Waals surface area (Å²) in [6.45, 7) is 0. The van der Waals surface area contributed by atoms with E-state index in [1.54, 1.807) is 36.4 Å². The number of benzene rings is 3. The average molecular weight is 409 g/mol. The van der Waals surface area contributed by atoms with E-state index in [1.807, 2.05) is 0 Å². The summed E-state index contributed by atoms with van der Waals surface area (Å²) in [7, 11) is 0. The molecule has 0 atom stereocenters. The third kappa shape index (κ3) is 4.26. The van der Waals surface area contributed by atoms with Crippen molar-refractivity contribution in [2.24, 2.45) is 0 Å². The molecule has 1 amide bonds. The van der Waals surface area contributed by atoms with Crippen molar-refractivity contribution in [3.63, 3.8) is 0 Å². The summed E-state index contributed by atoms with van der Waals surface area (Å²) < 4.78 is 0. The number of nitriles is 1. The second kappa shape index (κ2) is 8.29. The number of anilines is 2. The van der Waals surface area contributed by atoms with Crippen LogP contribution in [0.2, 0.25) is 5.02 Å². The van der Waals surface area contributed by atoms with Crippen LogP contribution in [0.15, 0.2) is 66.4 Å². The predicted octanol–water partition coefficient (Wildman–Crippen LogP) is 4.57. The molecule has 3 rings (SSSR count). The van der Waals surface area contributed by atoms with Crippen LogP contribution in [0.4, 0.5) is 17.1 Å². The summed E-state index contributed by atoms with van der Waals surface area (Å²) in [5, 5.41) is 36.8. The summed E-state index contributed by atoms with van der Waals surface area (Å²) >= 11 is 6.00. The minimum atomic E-state index is -0.697. The first-order valence-corrected chi connectivity index (χ1v) is 8.61. The maximum Gasteiger partial charge on any atom is 0.271 e. The highest BCUT2D eigenvalue weighted by molar-refractivity contribution is 6.33. The number of halogens is 1. The number of carbonyl (C=O) groups excluding carboxylic acids is 1. The van der Waals surface area contributed by atoms with Gasteiger partial charge >= 0.3 is 0 Å². The van der Waals surface area contributed by atoms with Crippen LogP contribution in [-0.2, 0) is 4.79 Å². The minimum Gasteiger partial charge on any atom is -0.507 e. The average Bonchev–Trinajstić information content (AvgIpc) is 2.70. The minimum absolute atomic E-state index is 0.0663. The van der Waals surface area contributed by atoms with Crippen molar-refractivity contribution in [1.29, 1.82) is 5.26 Å². The zero-order valence-electron chi connectivity index (χ0n) is 14.7. The molecule has 9 heteroatoms. The van der Waals surface area contributed by atoms with Crippen molar-refractivity contribution in [2.75, 3.05) is 10.6 Å². The number of amides is 1. The van der Waals surface area contributed by atoms with Crippen molar-refractivity contribution in [3.05, 3.63) is 81.5 Å². The fourth-order valence-electron chi connectivity index (χ4n) is 2.63. The van der Waals surface area contributed by atoms with E-state index in [0.717, 1.165) is 6.20 Å². The number of aromatic hydroxyl groups is 1. The van der Waals surface area contributed by atoms with Gasteiger partial charge in [0.1, 0.15) is 17.4 Å². The highest BCUT2D eigenvalue weighted by atomic mass is 35.5. The van der Waals surface area contributed by atoms with Gasteiger partial charge in [0.25, 0.3) is 11.6 Å². The molecular formula is C20H13ClN4O4. The van der Waals surface area contributed by atoms with Crippen LogP contribution in [0.5, 0.6) is 5.75 Å². The van der Waals surface area contributed by atoms with Gasteiger partial charge < -0.3 is 15.7 Å². The number of fused-ring (bicyclic) bond motifs is 1. The number of phenols is 1. The van der Waals surface area contributed by atoms with Crippen molar-refractivity contribution >= 4 is 45.3 Å². The van der Waals surface area contributed by atoms with Crippen LogP contribution >= 0.6 is 11.6 Å². The molecule has 3 N–H and O–H groups in total. The lowest BCUT2D eigenvalue weighted by Gasteiger charge is -2.09. The molecule has 0 aliphatic heterocycles. The van der Waals surface area contributed by atoms with Gasteiger partial charge in [-0.15, -0.1) is 0 Å². The fourth-order valence-corrected chi connectivity index (χ4v) is 2.80. The molecule has 144 valence electrons. The molecule has 0 unspecified atom stereocenters. The molecule has 8 nitrogen and oxygen atoms in total. The lowest BCUT2D eigenvalue weighted by Crippen LogP contribution is -2.14. The zero-order chi connectivity index (χ0) is 21.0. The van der Waals surface area contributed by atoms with Gasteiger partial charge in [-0.2, -0.15) is 5.26 Å². The Morgan fingerprint density at radius 1 is 1.14 bits per heavy atom. The number of phenolic OH excluding ortho intramolecular Hbond substituents is 1. The normalized spacial score (nSPS) is 11.0. The predicted molar refractivity (Wildman–Crippen MR) is 110 cm³/mol. The molecule has 0 aliphatic rings. The van der Waals surface area contributed by atoms with Gasteiger partial charge in [0.05, 0.1) is 15.6 Å². The third-order valence-corrected chi connectivity index (χ3v) is 4.37. The first kappa shape index (κ1) is 19.7. The second-order valence-corrected chi connectivity index (χ2v) is 6.27. The number of non-ortho nitro benzene ring substituents is 1. The van der Waals surface area contributed by atoms with E-state index in [1.165, 1.54) is 24.3 Å². The van der Waals surface area contributed by atoms with E-state index in [2.05, 4.69) is 10.6 Å². The van der Waals surface area contributed by atoms with E-state index >= 15 is 0 Å². The van der Waals surface area contributed by atoms with Gasteiger partial charge in [-0.05, 0) is 18.2 Å². The van der Waals surface area contributed by atoms with E-state index in [9.17, 15) is 25.3 Å². The summed E-state index contributed by atoms with van der Waals surface area (Å²) in [5.41, 5.74) is 0.128. The molecule has 0 fully saturated rings. The Morgan fingerprint density at radius 2 is 1.86 bits per heavy atom. The number of carbonyl (C=O) groups is 1. The monoisotopic (exact) mass is 408 g/mol. The molecular weight excluding hydrogens is 396 g/mol. The van der Waals surface area contributed by atoms with Gasteiger partial charge in [-0.1, -0.05) is 35.9 Å². The zero-order valence-corrected chi connectivity index (χ0v) is 15.5. The maximum atomic E-state index is 12.5. The molecule has 3 aromatic rings. The van der Waals surface area contributed by atoms with Crippen LogP contribution in [0.3, 0.4) is 0 Å². The van der Waals surface area contributed by atoms with E-state index < -0.39 is 10.8 Å². The van der Waals surface area contributed by atoms with Crippen molar-refractivity contribution in [3.8, 4) is 11.8 Å². The number of rotatable bonds is 5. The Morgan fingerprint density at radius 3 is 2.59 bits per heavy atom. The number of nitrogens with zero attached hydrogens (tertiary/aromatic N) is 2. The highest BCUT2D eigenvalue weighted by Crippen LogP contribution is 2.30. The number of hydrogen-bond donors (Lipinski definition) is 3. The number of nitro groups is 1. The Bertz CT molecular complexity index is 1200. The van der Waals surface area contributed by atoms with Crippen LogP contribution in [0.1, 0.15) is 0 Å². The largest absolute Gasteiger partial charge is 0.507 e. The molecule has 0 saturated heterocycles. The number of nitrogens with one attached hydrogen (secondary N) is 2. The lowest BCUT2D eigenvalue weighted by molar-refractivity contribution is -0.384. The van der Waals surface area contributed by atoms with E-state index in [4.69, 9.17) is 11.6 Å². The van der Waals surface area contributed by atoms with Crippen molar-refractivity contribution in [2.45, 2.75) is 0 Å². The van der Waals surface area contributed by atoms with Crippen LogP contribution in [0.25, 0.3) is 10.8 Å². The molecule has 0 radical (unpaired) electrons. The fraction of sp³-hybridized carbons (Fsp3) is 0. The SMILES string of the molecule is N#C/C(=C/Nc1cc([N+](=O)[O-])ccc1Cl)C(=O)Nc1cccc2c(O)cccc12.